The van der Waals surface area contributed by atoms with Gasteiger partial charge in [0, 0.05) is 26.2 Å². The first-order valence-electron chi connectivity index (χ1n) is 6.72. The van der Waals surface area contributed by atoms with Crippen molar-refractivity contribution in [1.29, 1.82) is 0 Å². The van der Waals surface area contributed by atoms with E-state index in [0.29, 0.717) is 0 Å². The van der Waals surface area contributed by atoms with Gasteiger partial charge in [0.05, 0.1) is 0 Å². The number of allylic oxidation sites excluding steroid dienone is 2. The first-order chi connectivity index (χ1) is 9.42. The normalized spacial score (nSPS) is 21.2. The molecule has 0 aliphatic heterocycles. The molecule has 2 unspecified atom stereocenters. The first kappa shape index (κ1) is 14.6. The Hall–Kier alpha value is -0.314. The van der Waals surface area contributed by atoms with Crippen LogP contribution in [0.15, 0.2) is 60.7 Å². The van der Waals surface area contributed by atoms with E-state index >= 15 is 0 Å². The summed E-state index contributed by atoms with van der Waals surface area (Å²) in [6, 6.07) is 17.7. The second-order valence-electron chi connectivity index (χ2n) is 5.10. The minimum absolute atomic E-state index is 0. The van der Waals surface area contributed by atoms with Crippen molar-refractivity contribution in [2.24, 2.45) is 0 Å². The van der Waals surface area contributed by atoms with Crippen molar-refractivity contribution in [2.75, 3.05) is 0 Å². The smallest absolute Gasteiger partial charge is 0 e. The summed E-state index contributed by atoms with van der Waals surface area (Å²) in [6.45, 7) is 0. The zero-order chi connectivity index (χ0) is 12.7. The molecule has 0 nitrogen and oxygen atoms in total. The third kappa shape index (κ3) is 2.58. The average Bonchev–Trinajstić information content (AvgIpc) is 3.05. The van der Waals surface area contributed by atoms with Crippen molar-refractivity contribution in [1.82, 2.24) is 0 Å². The fourth-order valence-corrected chi connectivity index (χ4v) is 7.13. The fraction of sp³-hybridized carbons (Fsp3) is 0.111. The summed E-state index contributed by atoms with van der Waals surface area (Å²) in [5.74, 6) is 0. The van der Waals surface area contributed by atoms with Crippen LogP contribution in [0.4, 0.5) is 0 Å². The third-order valence-electron chi connectivity index (χ3n) is 3.96. The van der Waals surface area contributed by atoms with Gasteiger partial charge in [-0.2, -0.15) is 0 Å². The Bertz CT molecular complexity index is 626. The van der Waals surface area contributed by atoms with E-state index in [2.05, 4.69) is 72.8 Å². The van der Waals surface area contributed by atoms with E-state index in [-0.39, 0.29) is 26.2 Å². The van der Waals surface area contributed by atoms with Crippen LogP contribution in [-0.4, -0.2) is 0 Å². The van der Waals surface area contributed by atoms with Gasteiger partial charge < -0.3 is 0 Å². The fourth-order valence-electron chi connectivity index (χ4n) is 2.98. The molecule has 2 aliphatic rings. The van der Waals surface area contributed by atoms with Crippen LogP contribution in [0.1, 0.15) is 29.5 Å². The van der Waals surface area contributed by atoms with Gasteiger partial charge >= 0.3 is 126 Å². The van der Waals surface area contributed by atoms with Crippen LogP contribution < -0.4 is 0 Å². The van der Waals surface area contributed by atoms with Gasteiger partial charge in [0.1, 0.15) is 0 Å². The topological polar surface area (TPSA) is 0 Å². The van der Waals surface area contributed by atoms with E-state index in [4.69, 9.17) is 0 Å². The van der Waals surface area contributed by atoms with Gasteiger partial charge in [0.25, 0.3) is 0 Å². The molecule has 0 saturated carbocycles. The first-order valence-corrected chi connectivity index (χ1v) is 9.56. The molecule has 0 N–H and O–H groups in total. The molecule has 0 spiro atoms. The molecular weight excluding hydrogens is 399 g/mol. The van der Waals surface area contributed by atoms with Gasteiger partial charge in [0.2, 0.25) is 0 Å². The van der Waals surface area contributed by atoms with Crippen LogP contribution in [0.25, 0.3) is 12.2 Å². The van der Waals surface area contributed by atoms with E-state index in [1.165, 1.54) is 11.1 Å². The largest absolute Gasteiger partial charge is 0 e. The molecule has 94 valence electrons. The summed E-state index contributed by atoms with van der Waals surface area (Å²) >= 11 is -0.542. The molecule has 2 aromatic rings. The minimum atomic E-state index is -0.542. The van der Waals surface area contributed by atoms with Crippen LogP contribution in [0.2, 0.25) is 0 Å². The maximum absolute atomic E-state index is 2.44. The predicted octanol–water partition coefficient (Wildman–Crippen LogP) is 4.60. The molecule has 2 atom stereocenters. The zero-order valence-corrected chi connectivity index (χ0v) is 16.0. The summed E-state index contributed by atoms with van der Waals surface area (Å²) in [4.78, 5) is 0. The molecule has 0 saturated heterocycles. The number of hydrogen-bond acceptors (Lipinski definition) is 0. The van der Waals surface area contributed by atoms with E-state index in [9.17, 15) is 0 Å². The summed E-state index contributed by atoms with van der Waals surface area (Å²) in [5.41, 5.74) is 5.99. The zero-order valence-electron chi connectivity index (χ0n) is 11.1. The van der Waals surface area contributed by atoms with Gasteiger partial charge in [-0.15, -0.1) is 0 Å². The quantitative estimate of drug-likeness (QED) is 0.676. The molecule has 0 bridgehead atoms. The number of benzene rings is 2. The van der Waals surface area contributed by atoms with Crippen LogP contribution in [-0.2, 0) is 49.4 Å². The molecule has 0 aromatic heterocycles. The van der Waals surface area contributed by atoms with Crippen LogP contribution in [0.3, 0.4) is 0 Å². The summed E-state index contributed by atoms with van der Waals surface area (Å²) in [6.07, 6.45) is 9.49. The van der Waals surface area contributed by atoms with Crippen LogP contribution in [0, 0.1) is 0 Å². The molecule has 0 radical (unpaired) electrons. The molecular formula is C18H14Zr2. The molecule has 2 heteroatoms. The SMILES string of the molecule is C1=C[CH]([Zr][CH]2C=Cc3ccccc32)c2ccccc21.[Zr]. The Labute approximate surface area is 150 Å². The second kappa shape index (κ2) is 6.21. The second-order valence-corrected chi connectivity index (χ2v) is 8.98. The molecule has 0 heterocycles. The molecule has 0 amide bonds. The summed E-state index contributed by atoms with van der Waals surface area (Å²) in [5, 5.41) is 0. The van der Waals surface area contributed by atoms with Crippen molar-refractivity contribution in [2.45, 2.75) is 7.25 Å². The van der Waals surface area contributed by atoms with Crippen molar-refractivity contribution in [3.63, 3.8) is 0 Å². The van der Waals surface area contributed by atoms with Crippen molar-refractivity contribution >= 4 is 12.2 Å². The van der Waals surface area contributed by atoms with Gasteiger partial charge in [-0.1, -0.05) is 0 Å². The maximum atomic E-state index is 2.44. The number of rotatable bonds is 2. The Kier molecular flexibility index (Phi) is 4.54. The monoisotopic (exact) mass is 410 g/mol. The number of fused-ring (bicyclic) bond motifs is 2. The maximum Gasteiger partial charge on any atom is 0 e. The van der Waals surface area contributed by atoms with Gasteiger partial charge in [0.15, 0.2) is 0 Å². The van der Waals surface area contributed by atoms with E-state index in [1.54, 1.807) is 11.1 Å². The van der Waals surface area contributed by atoms with E-state index in [1.807, 2.05) is 0 Å². The Morgan fingerprint density at radius 2 is 1.10 bits per heavy atom. The molecule has 4 rings (SSSR count). The van der Waals surface area contributed by atoms with Gasteiger partial charge in [-0.05, 0) is 0 Å². The average molecular weight is 413 g/mol. The van der Waals surface area contributed by atoms with Crippen molar-refractivity contribution in [3.05, 3.63) is 82.9 Å². The summed E-state index contributed by atoms with van der Waals surface area (Å²) < 4.78 is 1.47. The Balaban J connectivity index is 0.00000121. The standard InChI is InChI=1S/2C9H7.2Zr/c2*1-2-5-9-7-3-6-8(9)4-1;;/h2*1-7H;;. The summed E-state index contributed by atoms with van der Waals surface area (Å²) in [7, 11) is 0. The molecule has 0 fully saturated rings. The molecule has 20 heavy (non-hydrogen) atoms. The van der Waals surface area contributed by atoms with Crippen LogP contribution >= 0.6 is 0 Å². The number of hydrogen-bond donors (Lipinski definition) is 0. The van der Waals surface area contributed by atoms with E-state index in [0.717, 1.165) is 7.25 Å². The molecule has 2 aliphatic carbocycles. The van der Waals surface area contributed by atoms with Crippen LogP contribution in [0.5, 0.6) is 0 Å². The predicted molar refractivity (Wildman–Crippen MR) is 76.4 cm³/mol. The Morgan fingerprint density at radius 3 is 1.60 bits per heavy atom. The van der Waals surface area contributed by atoms with Gasteiger partial charge in [-0.25, -0.2) is 0 Å². The molecule has 2 aromatic carbocycles. The Morgan fingerprint density at radius 1 is 0.650 bits per heavy atom. The van der Waals surface area contributed by atoms with Crippen molar-refractivity contribution < 1.29 is 49.4 Å². The minimum Gasteiger partial charge on any atom is 0 e. The van der Waals surface area contributed by atoms with E-state index < -0.39 is 23.2 Å². The third-order valence-corrected chi connectivity index (χ3v) is 8.20. The van der Waals surface area contributed by atoms with Gasteiger partial charge in [-0.3, -0.25) is 0 Å². The van der Waals surface area contributed by atoms with Crippen molar-refractivity contribution in [3.8, 4) is 0 Å².